The largest absolute Gasteiger partial charge is 0.495 e. The molecule has 3 aromatic carbocycles. The first-order valence-corrected chi connectivity index (χ1v) is 14.0. The summed E-state index contributed by atoms with van der Waals surface area (Å²) in [6.07, 6.45) is 2.00. The van der Waals surface area contributed by atoms with E-state index in [1.165, 1.54) is 0 Å². The van der Waals surface area contributed by atoms with Crippen LogP contribution in [-0.4, -0.2) is 71.7 Å². The highest BCUT2D eigenvalue weighted by Gasteiger charge is 2.24. The van der Waals surface area contributed by atoms with Gasteiger partial charge in [0.25, 0.3) is 5.91 Å². The number of thioether (sulfide) groups is 1. The number of amides is 3. The number of rotatable bonds is 10. The van der Waals surface area contributed by atoms with Crippen molar-refractivity contribution in [3.05, 3.63) is 72.3 Å². The van der Waals surface area contributed by atoms with E-state index in [9.17, 15) is 9.59 Å². The first-order chi connectivity index (χ1) is 19.0. The number of benzene rings is 3. The number of carbonyl (C=O) groups excluding carboxylic acids is 2. The van der Waals surface area contributed by atoms with Gasteiger partial charge in [0.1, 0.15) is 5.75 Å². The van der Waals surface area contributed by atoms with Gasteiger partial charge in [-0.3, -0.25) is 4.79 Å². The van der Waals surface area contributed by atoms with Crippen molar-refractivity contribution in [3.8, 4) is 5.75 Å². The molecule has 3 amide bonds. The second-order valence-corrected chi connectivity index (χ2v) is 9.81. The Morgan fingerprint density at radius 2 is 1.49 bits per heavy atom. The molecule has 1 aliphatic heterocycles. The van der Waals surface area contributed by atoms with Gasteiger partial charge in [-0.15, -0.1) is 11.8 Å². The van der Waals surface area contributed by atoms with E-state index in [0.717, 1.165) is 48.2 Å². The van der Waals surface area contributed by atoms with Crippen molar-refractivity contribution in [2.24, 2.45) is 0 Å². The number of nitrogens with one attached hydrogen (secondary N) is 3. The first kappa shape index (κ1) is 28.1. The Morgan fingerprint density at radius 3 is 2.15 bits per heavy atom. The summed E-state index contributed by atoms with van der Waals surface area (Å²) in [6, 6.07) is 20.7. The second kappa shape index (κ2) is 13.8. The molecule has 0 spiro atoms. The number of anilines is 4. The van der Waals surface area contributed by atoms with Crippen LogP contribution in [0.4, 0.5) is 27.5 Å². The number of piperazine rings is 1. The lowest BCUT2D eigenvalue weighted by molar-refractivity contribution is 0.0937. The fraction of sp³-hybridized carbons (Fsp3) is 0.310. The van der Waals surface area contributed by atoms with Gasteiger partial charge < -0.3 is 35.2 Å². The monoisotopic (exact) mass is 549 g/mol. The molecule has 1 fully saturated rings. The molecular weight excluding hydrogens is 514 g/mol. The highest BCUT2D eigenvalue weighted by atomic mass is 32.2. The van der Waals surface area contributed by atoms with Gasteiger partial charge in [-0.05, 0) is 60.9 Å². The molecule has 0 unspecified atom stereocenters. The number of hydrogen-bond donors (Lipinski definition) is 3. The summed E-state index contributed by atoms with van der Waals surface area (Å²) < 4.78 is 10.6. The molecule has 3 N–H and O–H groups in total. The van der Waals surface area contributed by atoms with E-state index in [1.807, 2.05) is 60.9 Å². The average molecular weight is 550 g/mol. The quantitative estimate of drug-likeness (QED) is 0.248. The van der Waals surface area contributed by atoms with E-state index < -0.39 is 0 Å². The Morgan fingerprint density at radius 1 is 0.846 bits per heavy atom. The van der Waals surface area contributed by atoms with Gasteiger partial charge in [0.2, 0.25) is 0 Å². The predicted octanol–water partition coefficient (Wildman–Crippen LogP) is 4.76. The summed E-state index contributed by atoms with van der Waals surface area (Å²) in [5.74, 6) is 0.629. The third kappa shape index (κ3) is 7.36. The predicted molar refractivity (Wildman–Crippen MR) is 159 cm³/mol. The molecule has 0 bridgehead atoms. The molecule has 10 heteroatoms. The van der Waals surface area contributed by atoms with Crippen LogP contribution in [-0.2, 0) is 4.74 Å². The number of urea groups is 1. The molecule has 1 heterocycles. The average Bonchev–Trinajstić information content (AvgIpc) is 2.97. The summed E-state index contributed by atoms with van der Waals surface area (Å²) in [7, 11) is 3.27. The Kier molecular flexibility index (Phi) is 9.93. The molecule has 206 valence electrons. The highest BCUT2D eigenvalue weighted by molar-refractivity contribution is 7.98. The zero-order chi connectivity index (χ0) is 27.6. The van der Waals surface area contributed by atoms with Gasteiger partial charge >= 0.3 is 6.03 Å². The minimum Gasteiger partial charge on any atom is -0.495 e. The van der Waals surface area contributed by atoms with E-state index in [0.29, 0.717) is 30.1 Å². The van der Waals surface area contributed by atoms with Gasteiger partial charge in [0.15, 0.2) is 0 Å². The van der Waals surface area contributed by atoms with Crippen LogP contribution in [0, 0.1) is 0 Å². The van der Waals surface area contributed by atoms with E-state index in [4.69, 9.17) is 9.47 Å². The molecule has 0 atom stereocenters. The molecule has 39 heavy (non-hydrogen) atoms. The van der Waals surface area contributed by atoms with Crippen LogP contribution < -0.4 is 30.5 Å². The smallest absolute Gasteiger partial charge is 0.323 e. The lowest BCUT2D eigenvalue weighted by atomic mass is 10.1. The fourth-order valence-electron chi connectivity index (χ4n) is 4.48. The fourth-order valence-corrected chi connectivity index (χ4v) is 4.89. The summed E-state index contributed by atoms with van der Waals surface area (Å²) in [4.78, 5) is 31.5. The Labute approximate surface area is 233 Å². The van der Waals surface area contributed by atoms with E-state index in [2.05, 4.69) is 31.8 Å². The van der Waals surface area contributed by atoms with Crippen LogP contribution in [0.1, 0.15) is 10.4 Å². The van der Waals surface area contributed by atoms with E-state index in [-0.39, 0.29) is 11.9 Å². The minimum absolute atomic E-state index is 0.217. The van der Waals surface area contributed by atoms with Gasteiger partial charge in [0, 0.05) is 61.8 Å². The highest BCUT2D eigenvalue weighted by Crippen LogP contribution is 2.31. The Balaban J connectivity index is 1.48. The van der Waals surface area contributed by atoms with Gasteiger partial charge in [0.05, 0.1) is 25.0 Å². The van der Waals surface area contributed by atoms with Crippen molar-refractivity contribution in [2.45, 2.75) is 4.90 Å². The number of hydrogen-bond acceptors (Lipinski definition) is 7. The molecular formula is C29H35N5O4S. The molecule has 4 rings (SSSR count). The lowest BCUT2D eigenvalue weighted by Gasteiger charge is -2.38. The number of nitrogens with zero attached hydrogens (tertiary/aromatic N) is 2. The number of ether oxygens (including phenoxy) is 2. The summed E-state index contributed by atoms with van der Waals surface area (Å²) in [5, 5.41) is 8.60. The lowest BCUT2D eigenvalue weighted by Crippen LogP contribution is -2.47. The molecule has 0 radical (unpaired) electrons. The Hall–Kier alpha value is -3.89. The standard InChI is InChI=1S/C29H35N5O4S/c1-37-19-14-30-28(35)24-20-22(32-29(36)31-21-8-11-23(39-3)12-9-21)10-13-25(24)33-15-17-34(18-16-33)26-6-4-5-7-27(26)38-2/h4-13,20H,14-19H2,1-3H3,(H,30,35)(H2,31,32,36). The molecule has 1 saturated heterocycles. The SMILES string of the molecule is COCCNC(=O)c1cc(NC(=O)Nc2ccc(SC)cc2)ccc1N1CCN(c2ccccc2OC)CC1. The van der Waals surface area contributed by atoms with Gasteiger partial charge in [-0.25, -0.2) is 4.79 Å². The molecule has 0 aromatic heterocycles. The van der Waals surface area contributed by atoms with Crippen molar-refractivity contribution in [3.63, 3.8) is 0 Å². The Bertz CT molecular complexity index is 1260. The topological polar surface area (TPSA) is 95.2 Å². The maximum atomic E-state index is 13.2. The van der Waals surface area contributed by atoms with Crippen molar-refractivity contribution in [1.82, 2.24) is 5.32 Å². The van der Waals surface area contributed by atoms with Gasteiger partial charge in [-0.2, -0.15) is 0 Å². The van der Waals surface area contributed by atoms with E-state index in [1.54, 1.807) is 32.0 Å². The number of methoxy groups -OCH3 is 2. The first-order valence-electron chi connectivity index (χ1n) is 12.8. The number of carbonyl (C=O) groups is 2. The van der Waals surface area contributed by atoms with Crippen LogP contribution in [0.5, 0.6) is 5.75 Å². The molecule has 0 aliphatic carbocycles. The van der Waals surface area contributed by atoms with Crippen molar-refractivity contribution in [1.29, 1.82) is 0 Å². The summed E-state index contributed by atoms with van der Waals surface area (Å²) >= 11 is 1.64. The zero-order valence-electron chi connectivity index (χ0n) is 22.5. The maximum Gasteiger partial charge on any atom is 0.323 e. The van der Waals surface area contributed by atoms with Crippen LogP contribution in [0.3, 0.4) is 0 Å². The normalized spacial score (nSPS) is 13.1. The van der Waals surface area contributed by atoms with Crippen LogP contribution in [0.25, 0.3) is 0 Å². The zero-order valence-corrected chi connectivity index (χ0v) is 23.3. The molecule has 1 aliphatic rings. The summed E-state index contributed by atoms with van der Waals surface area (Å²) in [6.45, 7) is 3.83. The van der Waals surface area contributed by atoms with Crippen LogP contribution in [0.2, 0.25) is 0 Å². The van der Waals surface area contributed by atoms with Crippen molar-refractivity contribution >= 4 is 46.4 Å². The third-order valence-corrected chi connectivity index (χ3v) is 7.23. The minimum atomic E-state index is -0.379. The van der Waals surface area contributed by atoms with Crippen molar-refractivity contribution < 1.29 is 19.1 Å². The molecule has 9 nitrogen and oxygen atoms in total. The van der Waals surface area contributed by atoms with Crippen molar-refractivity contribution in [2.75, 3.05) is 80.2 Å². The maximum absolute atomic E-state index is 13.2. The number of para-hydroxylation sites is 2. The van der Waals surface area contributed by atoms with Crippen LogP contribution >= 0.6 is 11.8 Å². The molecule has 3 aromatic rings. The van der Waals surface area contributed by atoms with E-state index >= 15 is 0 Å². The van der Waals surface area contributed by atoms with Crippen LogP contribution in [0.15, 0.2) is 71.6 Å². The molecule has 0 saturated carbocycles. The van der Waals surface area contributed by atoms with Gasteiger partial charge in [-0.1, -0.05) is 12.1 Å². The second-order valence-electron chi connectivity index (χ2n) is 8.93. The third-order valence-electron chi connectivity index (χ3n) is 6.48. The summed E-state index contributed by atoms with van der Waals surface area (Å²) in [5.41, 5.74) is 3.60.